The van der Waals surface area contributed by atoms with Gasteiger partial charge in [-0.3, -0.25) is 0 Å². The van der Waals surface area contributed by atoms with Gasteiger partial charge >= 0.3 is 0 Å². The van der Waals surface area contributed by atoms with E-state index in [2.05, 4.69) is 25.7 Å². The standard InChI is InChI=1S/C15H29NO/c1-13(17)7-5-10-16-11-6-8-14(9-12-16)15(2,3)4/h14H,5-12H2,1-4H3. The third kappa shape index (κ3) is 5.67. The molecule has 1 heterocycles. The summed E-state index contributed by atoms with van der Waals surface area (Å²) in [7, 11) is 0. The summed E-state index contributed by atoms with van der Waals surface area (Å²) in [6, 6.07) is 0. The van der Waals surface area contributed by atoms with Gasteiger partial charge in [-0.2, -0.15) is 0 Å². The fourth-order valence-corrected chi connectivity index (χ4v) is 2.80. The van der Waals surface area contributed by atoms with Crippen LogP contribution in [0.4, 0.5) is 0 Å². The number of likely N-dealkylation sites (tertiary alicyclic amines) is 1. The number of Topliss-reactive ketones (excluding diaryl/α,β-unsaturated/α-hetero) is 1. The van der Waals surface area contributed by atoms with Crippen molar-refractivity contribution in [1.82, 2.24) is 4.90 Å². The minimum Gasteiger partial charge on any atom is -0.303 e. The molecular weight excluding hydrogens is 210 g/mol. The molecule has 2 heteroatoms. The van der Waals surface area contributed by atoms with Crippen molar-refractivity contribution in [2.45, 2.75) is 59.8 Å². The maximum absolute atomic E-state index is 10.9. The molecule has 0 aromatic carbocycles. The molecule has 0 aromatic rings. The lowest BCUT2D eigenvalue weighted by molar-refractivity contribution is -0.117. The van der Waals surface area contributed by atoms with E-state index in [9.17, 15) is 4.79 Å². The van der Waals surface area contributed by atoms with E-state index in [4.69, 9.17) is 0 Å². The van der Waals surface area contributed by atoms with Gasteiger partial charge in [-0.15, -0.1) is 0 Å². The summed E-state index contributed by atoms with van der Waals surface area (Å²) in [6.45, 7) is 12.3. The van der Waals surface area contributed by atoms with Crippen LogP contribution < -0.4 is 0 Å². The Bertz CT molecular complexity index is 242. The molecule has 1 aliphatic heterocycles. The van der Waals surface area contributed by atoms with E-state index in [-0.39, 0.29) is 0 Å². The second-order valence-electron chi connectivity index (χ2n) is 6.64. The molecule has 1 unspecified atom stereocenters. The molecule has 0 aliphatic carbocycles. The molecule has 0 radical (unpaired) electrons. The maximum Gasteiger partial charge on any atom is 0.129 e. The third-order valence-corrected chi connectivity index (χ3v) is 4.05. The van der Waals surface area contributed by atoms with Crippen LogP contribution in [0.25, 0.3) is 0 Å². The quantitative estimate of drug-likeness (QED) is 0.748. The highest BCUT2D eigenvalue weighted by Crippen LogP contribution is 2.34. The van der Waals surface area contributed by atoms with Crippen molar-refractivity contribution < 1.29 is 4.79 Å². The Labute approximate surface area is 107 Å². The molecule has 0 spiro atoms. The highest BCUT2D eigenvalue weighted by molar-refractivity contribution is 5.75. The van der Waals surface area contributed by atoms with E-state index in [1.165, 1.54) is 32.4 Å². The summed E-state index contributed by atoms with van der Waals surface area (Å²) in [5.41, 5.74) is 0.454. The predicted octanol–water partition coefficient (Wildman–Crippen LogP) is 3.50. The van der Waals surface area contributed by atoms with Crippen LogP contribution >= 0.6 is 0 Å². The SMILES string of the molecule is CC(=O)CCCN1CCCC(C(C)(C)C)CC1. The summed E-state index contributed by atoms with van der Waals surface area (Å²) in [5, 5.41) is 0. The van der Waals surface area contributed by atoms with Crippen LogP contribution in [0, 0.1) is 11.3 Å². The van der Waals surface area contributed by atoms with Gasteiger partial charge in [-0.25, -0.2) is 0 Å². The van der Waals surface area contributed by atoms with Crippen molar-refractivity contribution in [3.8, 4) is 0 Å². The average molecular weight is 239 g/mol. The van der Waals surface area contributed by atoms with Crippen molar-refractivity contribution in [3.63, 3.8) is 0 Å². The van der Waals surface area contributed by atoms with E-state index in [1.807, 2.05) is 0 Å². The van der Waals surface area contributed by atoms with Gasteiger partial charge in [0.1, 0.15) is 5.78 Å². The Hall–Kier alpha value is -0.370. The zero-order valence-corrected chi connectivity index (χ0v) is 12.1. The van der Waals surface area contributed by atoms with E-state index in [0.29, 0.717) is 11.2 Å². The lowest BCUT2D eigenvalue weighted by Crippen LogP contribution is -2.27. The largest absolute Gasteiger partial charge is 0.303 e. The topological polar surface area (TPSA) is 20.3 Å². The van der Waals surface area contributed by atoms with Crippen molar-refractivity contribution in [2.24, 2.45) is 11.3 Å². The van der Waals surface area contributed by atoms with Crippen LogP contribution in [-0.2, 0) is 4.79 Å². The molecule has 0 saturated carbocycles. The van der Waals surface area contributed by atoms with Crippen LogP contribution in [0.3, 0.4) is 0 Å². The molecule has 1 aliphatic rings. The minimum atomic E-state index is 0.326. The van der Waals surface area contributed by atoms with Crippen molar-refractivity contribution in [1.29, 1.82) is 0 Å². The number of hydrogen-bond acceptors (Lipinski definition) is 2. The van der Waals surface area contributed by atoms with Gasteiger partial charge < -0.3 is 9.69 Å². The first-order chi connectivity index (χ1) is 7.89. The van der Waals surface area contributed by atoms with Gasteiger partial charge in [0.25, 0.3) is 0 Å². The smallest absolute Gasteiger partial charge is 0.129 e. The summed E-state index contributed by atoms with van der Waals surface area (Å²) >= 11 is 0. The fourth-order valence-electron chi connectivity index (χ4n) is 2.80. The lowest BCUT2D eigenvalue weighted by atomic mass is 9.77. The second kappa shape index (κ2) is 6.53. The van der Waals surface area contributed by atoms with Gasteiger partial charge in [0.2, 0.25) is 0 Å². The zero-order chi connectivity index (χ0) is 12.9. The molecular formula is C15H29NO. The Balaban J connectivity index is 2.30. The monoisotopic (exact) mass is 239 g/mol. The number of nitrogens with zero attached hydrogens (tertiary/aromatic N) is 1. The van der Waals surface area contributed by atoms with E-state index >= 15 is 0 Å². The Morgan fingerprint density at radius 2 is 1.94 bits per heavy atom. The maximum atomic E-state index is 10.9. The first kappa shape index (κ1) is 14.7. The number of carbonyl (C=O) groups excluding carboxylic acids is 1. The van der Waals surface area contributed by atoms with E-state index in [1.54, 1.807) is 6.92 Å². The Morgan fingerprint density at radius 1 is 1.24 bits per heavy atom. The van der Waals surface area contributed by atoms with Crippen molar-refractivity contribution >= 4 is 5.78 Å². The lowest BCUT2D eigenvalue weighted by Gasteiger charge is -2.29. The van der Waals surface area contributed by atoms with Gasteiger partial charge in [0.15, 0.2) is 0 Å². The highest BCUT2D eigenvalue weighted by Gasteiger charge is 2.26. The van der Waals surface area contributed by atoms with Crippen LogP contribution in [0.2, 0.25) is 0 Å². The summed E-state index contributed by atoms with van der Waals surface area (Å²) in [5.74, 6) is 1.19. The average Bonchev–Trinajstić information content (AvgIpc) is 2.41. The summed E-state index contributed by atoms with van der Waals surface area (Å²) < 4.78 is 0. The zero-order valence-electron chi connectivity index (χ0n) is 12.1. The highest BCUT2D eigenvalue weighted by atomic mass is 16.1. The minimum absolute atomic E-state index is 0.326. The normalized spacial score (nSPS) is 23.4. The molecule has 0 bridgehead atoms. The Morgan fingerprint density at radius 3 is 2.53 bits per heavy atom. The molecule has 0 N–H and O–H groups in total. The van der Waals surface area contributed by atoms with Crippen LogP contribution in [0.5, 0.6) is 0 Å². The van der Waals surface area contributed by atoms with Crippen molar-refractivity contribution in [3.05, 3.63) is 0 Å². The number of carbonyl (C=O) groups is 1. The van der Waals surface area contributed by atoms with E-state index < -0.39 is 0 Å². The summed E-state index contributed by atoms with van der Waals surface area (Å²) in [6.07, 6.45) is 5.80. The van der Waals surface area contributed by atoms with Gasteiger partial charge in [-0.05, 0) is 63.6 Å². The van der Waals surface area contributed by atoms with Gasteiger partial charge in [0, 0.05) is 6.42 Å². The number of rotatable bonds is 4. The third-order valence-electron chi connectivity index (χ3n) is 4.05. The molecule has 17 heavy (non-hydrogen) atoms. The van der Waals surface area contributed by atoms with Crippen LogP contribution in [0.1, 0.15) is 59.8 Å². The van der Waals surface area contributed by atoms with Gasteiger partial charge in [-0.1, -0.05) is 20.8 Å². The first-order valence-electron chi connectivity index (χ1n) is 7.11. The first-order valence-corrected chi connectivity index (χ1v) is 7.11. The molecule has 1 rings (SSSR count). The van der Waals surface area contributed by atoms with Gasteiger partial charge in [0.05, 0.1) is 0 Å². The molecule has 2 nitrogen and oxygen atoms in total. The molecule has 1 fully saturated rings. The Kier molecular flexibility index (Phi) is 5.64. The predicted molar refractivity (Wildman–Crippen MR) is 73.2 cm³/mol. The fraction of sp³-hybridized carbons (Fsp3) is 0.933. The second-order valence-corrected chi connectivity index (χ2v) is 6.64. The number of ketones is 1. The summed E-state index contributed by atoms with van der Waals surface area (Å²) in [4.78, 5) is 13.5. The van der Waals surface area contributed by atoms with Crippen LogP contribution in [-0.4, -0.2) is 30.3 Å². The molecule has 100 valence electrons. The molecule has 1 saturated heterocycles. The van der Waals surface area contributed by atoms with E-state index in [0.717, 1.165) is 25.3 Å². The molecule has 0 amide bonds. The molecule has 0 aromatic heterocycles. The number of hydrogen-bond donors (Lipinski definition) is 0. The van der Waals surface area contributed by atoms with Crippen molar-refractivity contribution in [2.75, 3.05) is 19.6 Å². The molecule has 1 atom stereocenters. The van der Waals surface area contributed by atoms with Crippen LogP contribution in [0.15, 0.2) is 0 Å².